The molecule has 2 saturated heterocycles. The van der Waals surface area contributed by atoms with E-state index >= 15 is 0 Å². The third-order valence-corrected chi connectivity index (χ3v) is 6.37. The van der Waals surface area contributed by atoms with Crippen molar-refractivity contribution in [2.75, 3.05) is 46.4 Å². The predicted molar refractivity (Wildman–Crippen MR) is 135 cm³/mol. The zero-order valence-electron chi connectivity index (χ0n) is 18.5. The van der Waals surface area contributed by atoms with Gasteiger partial charge in [-0.25, -0.2) is 4.39 Å². The van der Waals surface area contributed by atoms with Crippen molar-refractivity contribution >= 4 is 41.5 Å². The highest BCUT2D eigenvalue weighted by molar-refractivity contribution is 14.0. The van der Waals surface area contributed by atoms with Crippen LogP contribution in [-0.4, -0.2) is 71.9 Å². The Balaban J connectivity index is 0.00000289. The van der Waals surface area contributed by atoms with Crippen LogP contribution in [0, 0.1) is 5.82 Å². The molecule has 32 heavy (non-hydrogen) atoms. The van der Waals surface area contributed by atoms with Crippen molar-refractivity contribution in [3.63, 3.8) is 0 Å². The van der Waals surface area contributed by atoms with Gasteiger partial charge in [-0.15, -0.1) is 24.0 Å². The van der Waals surface area contributed by atoms with Gasteiger partial charge >= 0.3 is 0 Å². The molecule has 1 aromatic heterocycles. The van der Waals surface area contributed by atoms with E-state index in [0.717, 1.165) is 44.0 Å². The van der Waals surface area contributed by atoms with Gasteiger partial charge in [-0.3, -0.25) is 14.6 Å². The molecule has 3 heterocycles. The normalized spacial score (nSPS) is 20.8. The van der Waals surface area contributed by atoms with Crippen LogP contribution in [-0.2, 0) is 11.8 Å². The molecule has 2 atom stereocenters. The lowest BCUT2D eigenvalue weighted by Crippen LogP contribution is -2.50. The lowest BCUT2D eigenvalue weighted by atomic mass is 10.0. The number of hydrogen-bond acceptors (Lipinski definition) is 4. The van der Waals surface area contributed by atoms with Gasteiger partial charge in [0.25, 0.3) is 0 Å². The maximum Gasteiger partial charge on any atom is 0.193 e. The standard InChI is InChI=1S/C22H30ClFN6O.HI/c1-25-22(30-10-11-31-20(15-30)16-12-27-28(2)14-16)26-13-19(29-8-3-4-9-29)21-17(23)6-5-7-18(21)24;/h5-7,12,14,19-20H,3-4,8-11,13,15H2,1-2H3,(H,25,26);1H. The Morgan fingerprint density at radius 3 is 2.78 bits per heavy atom. The number of nitrogens with one attached hydrogen (secondary N) is 1. The minimum absolute atomic E-state index is 0. The lowest BCUT2D eigenvalue weighted by Gasteiger charge is -2.36. The maximum absolute atomic E-state index is 14.8. The molecule has 2 aromatic rings. The van der Waals surface area contributed by atoms with Crippen molar-refractivity contribution in [3.05, 3.63) is 52.6 Å². The number of likely N-dealkylation sites (tertiary alicyclic amines) is 1. The SMILES string of the molecule is CN=C(NCC(c1c(F)cccc1Cl)N1CCCC1)N1CCOC(c2cnn(C)c2)C1.I. The molecule has 7 nitrogen and oxygen atoms in total. The molecule has 0 radical (unpaired) electrons. The summed E-state index contributed by atoms with van der Waals surface area (Å²) in [5.41, 5.74) is 1.61. The average molecular weight is 577 g/mol. The van der Waals surface area contributed by atoms with Crippen molar-refractivity contribution < 1.29 is 9.13 Å². The summed E-state index contributed by atoms with van der Waals surface area (Å²) >= 11 is 6.43. The van der Waals surface area contributed by atoms with Crippen LogP contribution in [0.15, 0.2) is 35.6 Å². The van der Waals surface area contributed by atoms with Gasteiger partial charge in [0.05, 0.1) is 25.4 Å². The largest absolute Gasteiger partial charge is 0.370 e. The number of hydrogen-bond donors (Lipinski definition) is 1. The molecule has 2 unspecified atom stereocenters. The van der Waals surface area contributed by atoms with E-state index in [4.69, 9.17) is 16.3 Å². The van der Waals surface area contributed by atoms with E-state index < -0.39 is 0 Å². The third kappa shape index (κ3) is 5.73. The quantitative estimate of drug-likeness (QED) is 0.335. The number of aromatic nitrogens is 2. The zero-order chi connectivity index (χ0) is 21.8. The smallest absolute Gasteiger partial charge is 0.193 e. The van der Waals surface area contributed by atoms with E-state index in [9.17, 15) is 4.39 Å². The third-order valence-electron chi connectivity index (χ3n) is 6.04. The van der Waals surface area contributed by atoms with Crippen LogP contribution in [0.1, 0.15) is 36.1 Å². The highest BCUT2D eigenvalue weighted by Gasteiger charge is 2.30. The minimum atomic E-state index is -0.260. The topological polar surface area (TPSA) is 57.9 Å². The summed E-state index contributed by atoms with van der Waals surface area (Å²) in [5.74, 6) is 0.526. The fourth-order valence-corrected chi connectivity index (χ4v) is 4.75. The molecule has 10 heteroatoms. The number of benzene rings is 1. The molecule has 176 valence electrons. The number of halogens is 3. The first-order valence-corrected chi connectivity index (χ1v) is 11.2. The van der Waals surface area contributed by atoms with E-state index in [1.165, 1.54) is 6.07 Å². The summed E-state index contributed by atoms with van der Waals surface area (Å²) in [5, 5.41) is 8.20. The second-order valence-corrected chi connectivity index (χ2v) is 8.48. The Morgan fingerprint density at radius 1 is 1.34 bits per heavy atom. The number of morpholine rings is 1. The first-order valence-electron chi connectivity index (χ1n) is 10.8. The lowest BCUT2D eigenvalue weighted by molar-refractivity contribution is -0.00813. The summed E-state index contributed by atoms with van der Waals surface area (Å²) in [6.07, 6.45) is 6.00. The molecule has 0 saturated carbocycles. The van der Waals surface area contributed by atoms with Crippen LogP contribution in [0.25, 0.3) is 0 Å². The molecule has 4 rings (SSSR count). The van der Waals surface area contributed by atoms with Gasteiger partial charge < -0.3 is 15.0 Å². The van der Waals surface area contributed by atoms with Gasteiger partial charge in [0.15, 0.2) is 5.96 Å². The predicted octanol–water partition coefficient (Wildman–Crippen LogP) is 3.62. The van der Waals surface area contributed by atoms with E-state index in [-0.39, 0.29) is 41.9 Å². The average Bonchev–Trinajstić information content (AvgIpc) is 3.45. The van der Waals surface area contributed by atoms with E-state index in [1.807, 2.05) is 19.4 Å². The number of nitrogens with zero attached hydrogens (tertiary/aromatic N) is 5. The monoisotopic (exact) mass is 576 g/mol. The van der Waals surface area contributed by atoms with Gasteiger partial charge in [-0.05, 0) is 38.1 Å². The number of aliphatic imine (C=N–C) groups is 1. The fourth-order valence-electron chi connectivity index (χ4n) is 4.47. The molecule has 0 bridgehead atoms. The summed E-state index contributed by atoms with van der Waals surface area (Å²) in [6, 6.07) is 4.75. The summed E-state index contributed by atoms with van der Waals surface area (Å²) < 4.78 is 22.5. The minimum Gasteiger partial charge on any atom is -0.370 e. The molecule has 1 N–H and O–H groups in total. The van der Waals surface area contributed by atoms with Crippen molar-refractivity contribution in [2.45, 2.75) is 25.0 Å². The molecular weight excluding hydrogens is 546 g/mol. The molecule has 0 spiro atoms. The molecule has 1 aromatic carbocycles. The first-order chi connectivity index (χ1) is 15.1. The van der Waals surface area contributed by atoms with Crippen LogP contribution in [0.3, 0.4) is 0 Å². The second kappa shape index (κ2) is 11.6. The van der Waals surface area contributed by atoms with Crippen LogP contribution < -0.4 is 5.32 Å². The van der Waals surface area contributed by atoms with E-state index in [0.29, 0.717) is 30.3 Å². The molecule has 2 aliphatic rings. The Labute approximate surface area is 211 Å². The fraction of sp³-hybridized carbons (Fsp3) is 0.545. The highest BCUT2D eigenvalue weighted by atomic mass is 127. The number of ether oxygens (including phenoxy) is 1. The summed E-state index contributed by atoms with van der Waals surface area (Å²) in [7, 11) is 3.68. The van der Waals surface area contributed by atoms with Crippen molar-refractivity contribution in [1.82, 2.24) is 24.9 Å². The Hall–Kier alpha value is -1.43. The summed E-state index contributed by atoms with van der Waals surface area (Å²) in [6.45, 7) is 4.44. The van der Waals surface area contributed by atoms with Gasteiger partial charge in [0.2, 0.25) is 0 Å². The van der Waals surface area contributed by atoms with Crippen molar-refractivity contribution in [2.24, 2.45) is 12.0 Å². The van der Waals surface area contributed by atoms with Crippen LogP contribution in [0.4, 0.5) is 4.39 Å². The number of guanidine groups is 1. The molecule has 0 amide bonds. The van der Waals surface area contributed by atoms with Crippen LogP contribution >= 0.6 is 35.6 Å². The second-order valence-electron chi connectivity index (χ2n) is 8.08. The van der Waals surface area contributed by atoms with E-state index in [2.05, 4.69) is 25.2 Å². The molecular formula is C22H31ClFIN6O. The first kappa shape index (κ1) is 25.2. The number of aryl methyl sites for hydroxylation is 1. The van der Waals surface area contributed by atoms with Crippen LogP contribution in [0.5, 0.6) is 0 Å². The number of rotatable bonds is 5. The Morgan fingerprint density at radius 2 is 2.12 bits per heavy atom. The Kier molecular flexibility index (Phi) is 9.15. The van der Waals surface area contributed by atoms with Gasteiger partial charge in [-0.2, -0.15) is 5.10 Å². The van der Waals surface area contributed by atoms with E-state index in [1.54, 1.807) is 23.9 Å². The molecule has 0 aliphatic carbocycles. The van der Waals surface area contributed by atoms with Gasteiger partial charge in [0.1, 0.15) is 11.9 Å². The summed E-state index contributed by atoms with van der Waals surface area (Å²) in [4.78, 5) is 8.99. The van der Waals surface area contributed by atoms with Crippen molar-refractivity contribution in [1.29, 1.82) is 0 Å². The maximum atomic E-state index is 14.8. The highest BCUT2D eigenvalue weighted by Crippen LogP contribution is 2.32. The van der Waals surface area contributed by atoms with Gasteiger partial charge in [-0.1, -0.05) is 17.7 Å². The molecule has 2 aliphatic heterocycles. The van der Waals surface area contributed by atoms with Crippen LogP contribution in [0.2, 0.25) is 5.02 Å². The zero-order valence-corrected chi connectivity index (χ0v) is 21.6. The molecule has 2 fully saturated rings. The van der Waals surface area contributed by atoms with Gasteiger partial charge in [0, 0.05) is 49.5 Å². The van der Waals surface area contributed by atoms with Crippen molar-refractivity contribution in [3.8, 4) is 0 Å². The Bertz CT molecular complexity index is 899.